The molecule has 2 unspecified atom stereocenters. The van der Waals surface area contributed by atoms with E-state index < -0.39 is 0 Å². The highest BCUT2D eigenvalue weighted by Gasteiger charge is 2.37. The Morgan fingerprint density at radius 1 is 0.913 bits per heavy atom. The summed E-state index contributed by atoms with van der Waals surface area (Å²) in [7, 11) is 0. The van der Waals surface area contributed by atoms with Gasteiger partial charge in [-0.3, -0.25) is 4.90 Å². The molecule has 0 aromatic heterocycles. The molecule has 5 heteroatoms. The Kier molecular flexibility index (Phi) is 7.90. The highest BCUT2D eigenvalue weighted by molar-refractivity contribution is 7.80. The van der Waals surface area contributed by atoms with Crippen LogP contribution in [0.25, 0.3) is 0 Å². The van der Waals surface area contributed by atoms with Crippen LogP contribution in [0.5, 0.6) is 0 Å². The molecular weight excluding hydrogens is 326 g/mol. The molecule has 0 radical (unpaired) electrons. The molecule has 2 aliphatic heterocycles. The van der Waals surface area contributed by atoms with Crippen LogP contribution >= 0.6 is 24.6 Å². The van der Waals surface area contributed by atoms with Gasteiger partial charge in [0.15, 0.2) is 5.11 Å². The predicted molar refractivity (Wildman–Crippen MR) is 104 cm³/mol. The van der Waals surface area contributed by atoms with E-state index in [1.165, 1.54) is 77.2 Å². The largest absolute Gasteiger partial charge is 0.360 e. The van der Waals surface area contributed by atoms with Crippen molar-refractivity contribution in [2.24, 2.45) is 0 Å². The molecule has 2 atom stereocenters. The Hall–Kier alpha value is -0.0600. The minimum atomic E-state index is 0. The van der Waals surface area contributed by atoms with Crippen molar-refractivity contribution in [3.63, 3.8) is 0 Å². The van der Waals surface area contributed by atoms with Gasteiger partial charge in [0.05, 0.1) is 0 Å². The lowest BCUT2D eigenvalue weighted by Crippen LogP contribution is -2.58. The number of hydrogen-bond donors (Lipinski definition) is 2. The summed E-state index contributed by atoms with van der Waals surface area (Å²) < 4.78 is 0. The second kappa shape index (κ2) is 9.43. The maximum atomic E-state index is 5.59. The molecule has 2 saturated heterocycles. The van der Waals surface area contributed by atoms with Gasteiger partial charge in [0, 0.05) is 24.2 Å². The van der Waals surface area contributed by atoms with Crippen LogP contribution in [0.15, 0.2) is 0 Å². The quantitative estimate of drug-likeness (QED) is 0.742. The predicted octanol–water partition coefficient (Wildman–Crippen LogP) is 4.00. The van der Waals surface area contributed by atoms with Gasteiger partial charge in [0.1, 0.15) is 0 Å². The summed E-state index contributed by atoms with van der Waals surface area (Å²) in [6.45, 7) is 3.59. The molecule has 3 fully saturated rings. The van der Waals surface area contributed by atoms with Gasteiger partial charge >= 0.3 is 0 Å². The van der Waals surface area contributed by atoms with Gasteiger partial charge in [-0.25, -0.2) is 0 Å². The summed E-state index contributed by atoms with van der Waals surface area (Å²) in [4.78, 5) is 2.79. The summed E-state index contributed by atoms with van der Waals surface area (Å²) in [5, 5.41) is 8.14. The summed E-state index contributed by atoms with van der Waals surface area (Å²) in [6.07, 6.45) is 14.8. The lowest BCUT2D eigenvalue weighted by atomic mass is 9.81. The Labute approximate surface area is 153 Å². The Morgan fingerprint density at radius 2 is 1.52 bits per heavy atom. The highest BCUT2D eigenvalue weighted by atomic mass is 35.5. The van der Waals surface area contributed by atoms with Crippen molar-refractivity contribution in [1.29, 1.82) is 0 Å². The second-order valence-electron chi connectivity index (χ2n) is 7.60. The van der Waals surface area contributed by atoms with Gasteiger partial charge in [-0.05, 0) is 63.7 Å². The average molecular weight is 360 g/mol. The zero-order valence-corrected chi connectivity index (χ0v) is 16.2. The molecular formula is C18H34ClN3S. The fraction of sp³-hybridized carbons (Fsp3) is 0.944. The molecule has 3 aliphatic rings. The van der Waals surface area contributed by atoms with Crippen LogP contribution in [0.2, 0.25) is 0 Å². The minimum Gasteiger partial charge on any atom is -0.360 e. The van der Waals surface area contributed by atoms with E-state index in [0.29, 0.717) is 12.1 Å². The standard InChI is InChI=1S/C18H33N3S.ClH/c1-2-11-21-16-9-6-10-17(21)13-15(12-16)20-18(22)19-14-7-4-3-5-8-14;/h14-17H,2-13H2,1H3,(H2,19,20,22);1H. The van der Waals surface area contributed by atoms with Crippen molar-refractivity contribution in [2.75, 3.05) is 6.54 Å². The third-order valence-electron chi connectivity index (χ3n) is 5.88. The zero-order chi connectivity index (χ0) is 15.4. The first-order valence-electron chi connectivity index (χ1n) is 9.59. The molecule has 3 nitrogen and oxygen atoms in total. The molecule has 1 aliphatic carbocycles. The van der Waals surface area contributed by atoms with Crippen LogP contribution in [0.4, 0.5) is 0 Å². The van der Waals surface area contributed by atoms with Crippen LogP contribution in [0.1, 0.15) is 77.6 Å². The lowest BCUT2D eigenvalue weighted by molar-refractivity contribution is 0.0282. The van der Waals surface area contributed by atoms with Crippen molar-refractivity contribution in [1.82, 2.24) is 15.5 Å². The van der Waals surface area contributed by atoms with E-state index in [0.717, 1.165) is 17.2 Å². The van der Waals surface area contributed by atoms with E-state index in [2.05, 4.69) is 22.5 Å². The fourth-order valence-electron chi connectivity index (χ4n) is 4.88. The van der Waals surface area contributed by atoms with Crippen molar-refractivity contribution < 1.29 is 0 Å². The van der Waals surface area contributed by atoms with Crippen LogP contribution in [-0.4, -0.2) is 40.7 Å². The molecule has 134 valence electrons. The van der Waals surface area contributed by atoms with E-state index in [1.54, 1.807) is 0 Å². The smallest absolute Gasteiger partial charge is 0.166 e. The van der Waals surface area contributed by atoms with Crippen molar-refractivity contribution in [3.8, 4) is 0 Å². The number of halogens is 1. The first kappa shape index (κ1) is 19.3. The van der Waals surface area contributed by atoms with Crippen LogP contribution in [0.3, 0.4) is 0 Å². The van der Waals surface area contributed by atoms with Gasteiger partial charge in [0.2, 0.25) is 0 Å². The number of thiocarbonyl (C=S) groups is 1. The lowest BCUT2D eigenvalue weighted by Gasteiger charge is -2.49. The van der Waals surface area contributed by atoms with Crippen molar-refractivity contribution in [2.45, 2.75) is 102 Å². The Bertz CT molecular complexity index is 359. The minimum absolute atomic E-state index is 0. The number of nitrogens with zero attached hydrogens (tertiary/aromatic N) is 1. The molecule has 2 bridgehead atoms. The molecule has 2 heterocycles. The van der Waals surface area contributed by atoms with E-state index in [-0.39, 0.29) is 12.4 Å². The molecule has 0 amide bonds. The first-order chi connectivity index (χ1) is 10.8. The number of nitrogens with one attached hydrogen (secondary N) is 2. The SMILES string of the molecule is CCCN1C2CCCC1CC(NC(=S)NC1CCCCC1)C2.Cl. The molecule has 1 saturated carbocycles. The highest BCUT2D eigenvalue weighted by Crippen LogP contribution is 2.34. The summed E-state index contributed by atoms with van der Waals surface area (Å²) in [6, 6.07) is 2.80. The second-order valence-corrected chi connectivity index (χ2v) is 8.01. The Morgan fingerprint density at radius 3 is 2.13 bits per heavy atom. The summed E-state index contributed by atoms with van der Waals surface area (Å²) in [5.74, 6) is 0. The number of fused-ring (bicyclic) bond motifs is 2. The molecule has 0 aromatic carbocycles. The molecule has 3 rings (SSSR count). The van der Waals surface area contributed by atoms with Crippen molar-refractivity contribution in [3.05, 3.63) is 0 Å². The third kappa shape index (κ3) is 5.20. The molecule has 0 aromatic rings. The average Bonchev–Trinajstić information content (AvgIpc) is 2.49. The molecule has 0 spiro atoms. The fourth-order valence-corrected chi connectivity index (χ4v) is 5.21. The molecule has 2 N–H and O–H groups in total. The van der Waals surface area contributed by atoms with Crippen molar-refractivity contribution >= 4 is 29.7 Å². The van der Waals surface area contributed by atoms with E-state index in [1.807, 2.05) is 0 Å². The van der Waals surface area contributed by atoms with Crippen LogP contribution < -0.4 is 10.6 Å². The number of rotatable bonds is 4. The van der Waals surface area contributed by atoms with Gasteiger partial charge in [-0.2, -0.15) is 0 Å². The number of piperidine rings is 2. The van der Waals surface area contributed by atoms with Crippen LogP contribution in [0, 0.1) is 0 Å². The summed E-state index contributed by atoms with van der Waals surface area (Å²) in [5.41, 5.74) is 0. The maximum Gasteiger partial charge on any atom is 0.166 e. The van der Waals surface area contributed by atoms with E-state index in [4.69, 9.17) is 12.2 Å². The van der Waals surface area contributed by atoms with Gasteiger partial charge < -0.3 is 10.6 Å². The molecule has 23 heavy (non-hydrogen) atoms. The van der Waals surface area contributed by atoms with E-state index >= 15 is 0 Å². The summed E-state index contributed by atoms with van der Waals surface area (Å²) >= 11 is 5.59. The first-order valence-corrected chi connectivity index (χ1v) is 10.00. The topological polar surface area (TPSA) is 27.3 Å². The normalized spacial score (nSPS) is 32.0. The van der Waals surface area contributed by atoms with Gasteiger partial charge in [-0.1, -0.05) is 32.6 Å². The third-order valence-corrected chi connectivity index (χ3v) is 6.12. The van der Waals surface area contributed by atoms with Gasteiger partial charge in [0.25, 0.3) is 0 Å². The number of hydrogen-bond acceptors (Lipinski definition) is 2. The van der Waals surface area contributed by atoms with Crippen LogP contribution in [-0.2, 0) is 0 Å². The maximum absolute atomic E-state index is 5.59. The van der Waals surface area contributed by atoms with Gasteiger partial charge in [-0.15, -0.1) is 12.4 Å². The van der Waals surface area contributed by atoms with E-state index in [9.17, 15) is 0 Å². The zero-order valence-electron chi connectivity index (χ0n) is 14.6. The Balaban J connectivity index is 0.00000192. The monoisotopic (exact) mass is 359 g/mol.